The van der Waals surface area contributed by atoms with Crippen LogP contribution in [0.1, 0.15) is 55.7 Å². The minimum atomic E-state index is -1.35. The van der Waals surface area contributed by atoms with Crippen molar-refractivity contribution in [3.05, 3.63) is 34.3 Å². The second-order valence-corrected chi connectivity index (χ2v) is 8.74. The quantitative estimate of drug-likeness (QED) is 0.389. The highest BCUT2D eigenvalue weighted by Gasteiger charge is 2.46. The van der Waals surface area contributed by atoms with Crippen LogP contribution in [-0.2, 0) is 11.2 Å². The number of unbranched alkanes of at least 4 members (excludes halogenated alkanes) is 1. The van der Waals surface area contributed by atoms with Crippen LogP contribution in [0.5, 0.6) is 0 Å². The van der Waals surface area contributed by atoms with E-state index in [9.17, 15) is 9.90 Å². The van der Waals surface area contributed by atoms with Gasteiger partial charge in [-0.25, -0.2) is 0 Å². The molecule has 6 nitrogen and oxygen atoms in total. The van der Waals surface area contributed by atoms with Crippen LogP contribution < -0.4 is 5.73 Å². The molecule has 0 amide bonds. The molecule has 3 rings (SSSR count). The van der Waals surface area contributed by atoms with Crippen LogP contribution in [0.25, 0.3) is 0 Å². The van der Waals surface area contributed by atoms with E-state index in [-0.39, 0.29) is 12.2 Å². The summed E-state index contributed by atoms with van der Waals surface area (Å²) in [5, 5.41) is 28.5. The van der Waals surface area contributed by atoms with Crippen LogP contribution in [0.15, 0.2) is 18.2 Å². The summed E-state index contributed by atoms with van der Waals surface area (Å²) in [5.41, 5.74) is 7.74. The molecule has 5 N–H and O–H groups in total. The van der Waals surface area contributed by atoms with E-state index < -0.39 is 18.6 Å². The highest BCUT2D eigenvalue weighted by molar-refractivity contribution is 6.40. The maximum Gasteiger partial charge on any atom is 0.451 e. The summed E-state index contributed by atoms with van der Waals surface area (Å²) >= 11 is 6.16. The fourth-order valence-corrected chi connectivity index (χ4v) is 5.05. The fraction of sp³-hybridized carbons (Fsp3) is 0.650. The first-order valence-electron chi connectivity index (χ1n) is 10.2. The number of halogens is 1. The number of fused-ring (bicyclic) bond motifs is 1. The molecule has 3 atom stereocenters. The van der Waals surface area contributed by atoms with Crippen molar-refractivity contribution in [1.82, 2.24) is 4.90 Å². The molecule has 28 heavy (non-hydrogen) atoms. The lowest BCUT2D eigenvalue weighted by Gasteiger charge is -2.35. The molecule has 1 aliphatic heterocycles. The maximum atomic E-state index is 12.0. The van der Waals surface area contributed by atoms with Gasteiger partial charge in [-0.15, -0.1) is 0 Å². The standard InChI is InChI=1S/C20H30BClN2O4/c22-16-6-7-17-14(12-16)4-3-5-18(17)24-11-8-15(13-24)20(23,19(25)26)9-1-2-10-21(27)28/h6-7,12,15,18,27-28H,1-5,8-11,13,23H2,(H,25,26). The molecule has 1 aromatic rings. The molecule has 0 saturated carbocycles. The lowest BCUT2D eigenvalue weighted by atomic mass is 9.77. The molecule has 8 heteroatoms. The molecule has 1 fully saturated rings. The van der Waals surface area contributed by atoms with Gasteiger partial charge in [-0.3, -0.25) is 9.69 Å². The third-order valence-electron chi connectivity index (χ3n) is 6.48. The number of carboxylic acid groups (broad SMARTS) is 1. The Kier molecular flexibility index (Phi) is 7.05. The number of rotatable bonds is 8. The van der Waals surface area contributed by atoms with Crippen molar-refractivity contribution in [2.24, 2.45) is 11.7 Å². The number of aliphatic carboxylic acids is 1. The Labute approximate surface area is 171 Å². The first-order valence-corrected chi connectivity index (χ1v) is 10.6. The van der Waals surface area contributed by atoms with Gasteiger partial charge in [-0.2, -0.15) is 0 Å². The Morgan fingerprint density at radius 1 is 1.32 bits per heavy atom. The average Bonchev–Trinajstić information content (AvgIpc) is 3.14. The summed E-state index contributed by atoms with van der Waals surface area (Å²) in [6.45, 7) is 1.52. The summed E-state index contributed by atoms with van der Waals surface area (Å²) in [5.74, 6) is -1.07. The third-order valence-corrected chi connectivity index (χ3v) is 6.71. The van der Waals surface area contributed by atoms with Gasteiger partial charge in [0.2, 0.25) is 0 Å². The molecular weight excluding hydrogens is 378 g/mol. The van der Waals surface area contributed by atoms with Gasteiger partial charge in [0.1, 0.15) is 5.54 Å². The van der Waals surface area contributed by atoms with Gasteiger partial charge in [0, 0.05) is 23.5 Å². The van der Waals surface area contributed by atoms with E-state index in [1.165, 1.54) is 11.1 Å². The van der Waals surface area contributed by atoms with Gasteiger partial charge >= 0.3 is 13.1 Å². The van der Waals surface area contributed by atoms with Crippen molar-refractivity contribution in [2.45, 2.75) is 62.8 Å². The molecule has 0 aromatic heterocycles. The third kappa shape index (κ3) is 4.71. The predicted octanol–water partition coefficient (Wildman–Crippen LogP) is 2.46. The van der Waals surface area contributed by atoms with Crippen molar-refractivity contribution in [2.75, 3.05) is 13.1 Å². The van der Waals surface area contributed by atoms with Crippen molar-refractivity contribution < 1.29 is 19.9 Å². The molecular formula is C20H30BClN2O4. The number of nitrogens with two attached hydrogens (primary N) is 1. The SMILES string of the molecule is NC(CCCCB(O)O)(C(=O)O)C1CCN(C2CCCc3cc(Cl)ccc32)C1. The molecule has 154 valence electrons. The van der Waals surface area contributed by atoms with Crippen molar-refractivity contribution >= 4 is 24.7 Å². The Balaban J connectivity index is 1.67. The van der Waals surface area contributed by atoms with Crippen molar-refractivity contribution in [3.63, 3.8) is 0 Å². The van der Waals surface area contributed by atoms with E-state index in [2.05, 4.69) is 17.0 Å². The Bertz CT molecular complexity index is 705. The highest BCUT2D eigenvalue weighted by Crippen LogP contribution is 2.40. The molecule has 3 unspecified atom stereocenters. The summed E-state index contributed by atoms with van der Waals surface area (Å²) < 4.78 is 0. The van der Waals surface area contributed by atoms with E-state index >= 15 is 0 Å². The molecule has 0 bridgehead atoms. The summed E-state index contributed by atoms with van der Waals surface area (Å²) in [6, 6.07) is 6.40. The molecule has 0 spiro atoms. The van der Waals surface area contributed by atoms with Crippen LogP contribution in [0, 0.1) is 5.92 Å². The zero-order valence-electron chi connectivity index (χ0n) is 16.2. The molecule has 1 aliphatic carbocycles. The second-order valence-electron chi connectivity index (χ2n) is 8.30. The number of aryl methyl sites for hydroxylation is 1. The number of carbonyl (C=O) groups is 1. The van der Waals surface area contributed by atoms with Gasteiger partial charge < -0.3 is 20.9 Å². The fourth-order valence-electron chi connectivity index (χ4n) is 4.86. The largest absolute Gasteiger partial charge is 0.480 e. The normalized spacial score (nSPS) is 24.6. The van der Waals surface area contributed by atoms with Gasteiger partial charge in [0.05, 0.1) is 0 Å². The molecule has 2 aliphatic rings. The number of carboxylic acids is 1. The topological polar surface area (TPSA) is 107 Å². The van der Waals surface area contributed by atoms with Gasteiger partial charge in [0.15, 0.2) is 0 Å². The number of nitrogens with zero attached hydrogens (tertiary/aromatic N) is 1. The highest BCUT2D eigenvalue weighted by atomic mass is 35.5. The number of likely N-dealkylation sites (tertiary alicyclic amines) is 1. The zero-order valence-corrected chi connectivity index (χ0v) is 16.9. The van der Waals surface area contributed by atoms with Crippen molar-refractivity contribution in [1.29, 1.82) is 0 Å². The van der Waals surface area contributed by atoms with Crippen LogP contribution in [0.3, 0.4) is 0 Å². The molecule has 1 heterocycles. The predicted molar refractivity (Wildman–Crippen MR) is 110 cm³/mol. The number of benzene rings is 1. The van der Waals surface area contributed by atoms with Gasteiger partial charge in [0.25, 0.3) is 0 Å². The second kappa shape index (κ2) is 9.14. The smallest absolute Gasteiger partial charge is 0.451 e. The first-order chi connectivity index (χ1) is 13.3. The Morgan fingerprint density at radius 3 is 2.82 bits per heavy atom. The van der Waals surface area contributed by atoms with Crippen LogP contribution in [-0.4, -0.2) is 51.8 Å². The number of hydrogen-bond acceptors (Lipinski definition) is 5. The van der Waals surface area contributed by atoms with Crippen LogP contribution in [0.4, 0.5) is 0 Å². The van der Waals surface area contributed by atoms with Crippen molar-refractivity contribution in [3.8, 4) is 0 Å². The minimum absolute atomic E-state index is 0.110. The lowest BCUT2D eigenvalue weighted by Crippen LogP contribution is -2.55. The van der Waals surface area contributed by atoms with Gasteiger partial charge in [-0.1, -0.05) is 30.5 Å². The lowest BCUT2D eigenvalue weighted by molar-refractivity contribution is -0.146. The molecule has 1 saturated heterocycles. The monoisotopic (exact) mass is 408 g/mol. The summed E-state index contributed by atoms with van der Waals surface area (Å²) in [4.78, 5) is 14.4. The van der Waals surface area contributed by atoms with Crippen LogP contribution in [0.2, 0.25) is 11.3 Å². The zero-order chi connectivity index (χ0) is 20.3. The Hall–Kier alpha value is -1.12. The van der Waals surface area contributed by atoms with E-state index in [4.69, 9.17) is 27.4 Å². The van der Waals surface area contributed by atoms with E-state index in [1.807, 2.05) is 6.07 Å². The summed E-state index contributed by atoms with van der Waals surface area (Å²) in [6.07, 6.45) is 5.70. The average molecular weight is 409 g/mol. The van der Waals surface area contributed by atoms with E-state index in [0.717, 1.165) is 37.3 Å². The Morgan fingerprint density at radius 2 is 2.11 bits per heavy atom. The molecule has 0 radical (unpaired) electrons. The van der Waals surface area contributed by atoms with E-state index in [1.54, 1.807) is 0 Å². The van der Waals surface area contributed by atoms with E-state index in [0.29, 0.717) is 31.8 Å². The van der Waals surface area contributed by atoms with Gasteiger partial charge in [-0.05, 0) is 68.2 Å². The minimum Gasteiger partial charge on any atom is -0.480 e. The molecule has 1 aromatic carbocycles. The summed E-state index contributed by atoms with van der Waals surface area (Å²) in [7, 11) is -1.35. The first kappa shape index (κ1) is 21.6. The maximum absolute atomic E-state index is 12.0. The van der Waals surface area contributed by atoms with Crippen LogP contribution >= 0.6 is 11.6 Å². The number of hydrogen-bond donors (Lipinski definition) is 4.